The predicted molar refractivity (Wildman–Crippen MR) is 85.9 cm³/mol. The number of nitrogens with zero attached hydrogens (tertiary/aromatic N) is 3. The molecular weight excluding hydrogens is 334 g/mol. The predicted octanol–water partition coefficient (Wildman–Crippen LogP) is 1.64. The summed E-state index contributed by atoms with van der Waals surface area (Å²) in [7, 11) is 0. The summed E-state index contributed by atoms with van der Waals surface area (Å²) in [4.78, 5) is 18.2. The normalized spacial score (nSPS) is 20.4. The number of hydrogen-bond acceptors (Lipinski definition) is 6. The first-order valence-corrected chi connectivity index (χ1v) is 8.02. The molecule has 0 saturated carbocycles. The van der Waals surface area contributed by atoms with Gasteiger partial charge in [-0.2, -0.15) is 4.98 Å². The molecule has 1 aromatic carbocycles. The number of halogens is 1. The summed E-state index contributed by atoms with van der Waals surface area (Å²) in [5.74, 6) is 1.15. The first-order valence-electron chi connectivity index (χ1n) is 7.64. The summed E-state index contributed by atoms with van der Waals surface area (Å²) in [6.45, 7) is 2.48. The van der Waals surface area contributed by atoms with Crippen LogP contribution in [-0.2, 0) is 4.79 Å². The van der Waals surface area contributed by atoms with Gasteiger partial charge in [0.2, 0.25) is 5.89 Å². The molecule has 8 heteroatoms. The Balaban J connectivity index is 1.60. The van der Waals surface area contributed by atoms with Crippen LogP contribution in [0.3, 0.4) is 0 Å². The highest BCUT2D eigenvalue weighted by Gasteiger charge is 2.39. The van der Waals surface area contributed by atoms with Gasteiger partial charge in [-0.1, -0.05) is 16.8 Å². The molecule has 2 unspecified atom stereocenters. The lowest BCUT2D eigenvalue weighted by molar-refractivity contribution is -0.132. The van der Waals surface area contributed by atoms with E-state index in [1.807, 2.05) is 0 Å². The number of carbonyl (C=O) groups is 1. The van der Waals surface area contributed by atoms with Crippen LogP contribution in [0.1, 0.15) is 17.6 Å². The van der Waals surface area contributed by atoms with Gasteiger partial charge < -0.3 is 19.3 Å². The van der Waals surface area contributed by atoms with E-state index >= 15 is 0 Å². The molecule has 1 aliphatic rings. The average Bonchev–Trinajstić information content (AvgIpc) is 3.20. The number of likely N-dealkylation sites (tertiary alicyclic amines) is 1. The van der Waals surface area contributed by atoms with Crippen molar-refractivity contribution in [2.24, 2.45) is 5.92 Å². The monoisotopic (exact) mass is 351 g/mol. The zero-order valence-corrected chi connectivity index (χ0v) is 13.9. The molecule has 1 aromatic heterocycles. The van der Waals surface area contributed by atoms with Crippen LogP contribution in [0.25, 0.3) is 0 Å². The highest BCUT2D eigenvalue weighted by atomic mass is 35.5. The first kappa shape index (κ1) is 16.7. The third-order valence-electron chi connectivity index (χ3n) is 4.06. The van der Waals surface area contributed by atoms with Crippen LogP contribution in [0.2, 0.25) is 5.02 Å². The Morgan fingerprint density at radius 3 is 2.79 bits per heavy atom. The van der Waals surface area contributed by atoms with Crippen LogP contribution in [-0.4, -0.2) is 52.4 Å². The van der Waals surface area contributed by atoms with Crippen molar-refractivity contribution in [3.8, 4) is 5.75 Å². The maximum Gasteiger partial charge on any atom is 0.260 e. The Morgan fingerprint density at radius 2 is 2.17 bits per heavy atom. The Labute approximate surface area is 144 Å². The SMILES string of the molecule is Cc1noc(C2CN(C(=O)COc3ccc(Cl)cc3)CC2CO)n1. The Hall–Kier alpha value is -2.12. The molecule has 0 bridgehead atoms. The second-order valence-corrected chi connectivity index (χ2v) is 6.21. The van der Waals surface area contributed by atoms with Crippen LogP contribution >= 0.6 is 11.6 Å². The molecular formula is C16H18ClN3O4. The number of aryl methyl sites for hydroxylation is 1. The Kier molecular flexibility index (Phi) is 5.01. The highest BCUT2D eigenvalue weighted by molar-refractivity contribution is 6.30. The molecule has 0 radical (unpaired) electrons. The van der Waals surface area contributed by atoms with Gasteiger partial charge in [-0.3, -0.25) is 4.79 Å². The van der Waals surface area contributed by atoms with Gasteiger partial charge in [0.05, 0.1) is 5.92 Å². The molecule has 2 atom stereocenters. The molecule has 128 valence electrons. The molecule has 3 rings (SSSR count). The lowest BCUT2D eigenvalue weighted by Crippen LogP contribution is -2.33. The van der Waals surface area contributed by atoms with Gasteiger partial charge in [0.25, 0.3) is 5.91 Å². The van der Waals surface area contributed by atoms with Gasteiger partial charge in [0, 0.05) is 30.6 Å². The number of carbonyl (C=O) groups excluding carboxylic acids is 1. The number of amides is 1. The number of benzene rings is 1. The largest absolute Gasteiger partial charge is 0.484 e. The molecule has 0 aliphatic carbocycles. The number of aromatic nitrogens is 2. The van der Waals surface area contributed by atoms with Crippen molar-refractivity contribution in [2.45, 2.75) is 12.8 Å². The number of aliphatic hydroxyl groups excluding tert-OH is 1. The Bertz CT molecular complexity index is 704. The van der Waals surface area contributed by atoms with Crippen molar-refractivity contribution in [1.82, 2.24) is 15.0 Å². The maximum atomic E-state index is 12.4. The molecule has 2 heterocycles. The molecule has 0 spiro atoms. The van der Waals surface area contributed by atoms with E-state index < -0.39 is 0 Å². The zero-order chi connectivity index (χ0) is 17.1. The Morgan fingerprint density at radius 1 is 1.42 bits per heavy atom. The van der Waals surface area contributed by atoms with Gasteiger partial charge >= 0.3 is 0 Å². The lowest BCUT2D eigenvalue weighted by atomic mass is 9.97. The van der Waals surface area contributed by atoms with Crippen molar-refractivity contribution in [1.29, 1.82) is 0 Å². The number of aliphatic hydroxyl groups is 1. The van der Waals surface area contributed by atoms with E-state index in [1.165, 1.54) is 0 Å². The third kappa shape index (κ3) is 3.68. The van der Waals surface area contributed by atoms with Gasteiger partial charge in [0.15, 0.2) is 12.4 Å². The van der Waals surface area contributed by atoms with E-state index in [1.54, 1.807) is 36.1 Å². The van der Waals surface area contributed by atoms with Gasteiger partial charge in [-0.15, -0.1) is 0 Å². The summed E-state index contributed by atoms with van der Waals surface area (Å²) < 4.78 is 10.7. The standard InChI is InChI=1S/C16H18ClN3O4/c1-10-18-16(24-19-10)14-7-20(6-11(14)8-21)15(22)9-23-13-4-2-12(17)3-5-13/h2-5,11,14,21H,6-9H2,1H3. The fraction of sp³-hybridized carbons (Fsp3) is 0.438. The van der Waals surface area contributed by atoms with E-state index in [0.29, 0.717) is 35.6 Å². The topological polar surface area (TPSA) is 88.7 Å². The van der Waals surface area contributed by atoms with E-state index in [2.05, 4.69) is 10.1 Å². The molecule has 1 N–H and O–H groups in total. The third-order valence-corrected chi connectivity index (χ3v) is 4.32. The van der Waals surface area contributed by atoms with Crippen LogP contribution in [0.15, 0.2) is 28.8 Å². The van der Waals surface area contributed by atoms with Crippen molar-refractivity contribution in [3.05, 3.63) is 41.0 Å². The molecule has 1 fully saturated rings. The highest BCUT2D eigenvalue weighted by Crippen LogP contribution is 2.31. The van der Waals surface area contributed by atoms with Crippen LogP contribution < -0.4 is 4.74 Å². The van der Waals surface area contributed by atoms with Crippen LogP contribution in [0.4, 0.5) is 0 Å². The van der Waals surface area contributed by atoms with E-state index in [-0.39, 0.29) is 31.0 Å². The van der Waals surface area contributed by atoms with Crippen molar-refractivity contribution in [3.63, 3.8) is 0 Å². The summed E-state index contributed by atoms with van der Waals surface area (Å²) >= 11 is 5.81. The summed E-state index contributed by atoms with van der Waals surface area (Å²) in [5.41, 5.74) is 0. The molecule has 1 aliphatic heterocycles. The van der Waals surface area contributed by atoms with Crippen molar-refractivity contribution in [2.75, 3.05) is 26.3 Å². The van der Waals surface area contributed by atoms with Crippen LogP contribution in [0.5, 0.6) is 5.75 Å². The van der Waals surface area contributed by atoms with E-state index in [9.17, 15) is 9.90 Å². The molecule has 24 heavy (non-hydrogen) atoms. The van der Waals surface area contributed by atoms with Gasteiger partial charge in [-0.05, 0) is 31.2 Å². The summed E-state index contributed by atoms with van der Waals surface area (Å²) in [5, 5.41) is 14.0. The minimum atomic E-state index is -0.157. The van der Waals surface area contributed by atoms with E-state index in [0.717, 1.165) is 0 Å². The van der Waals surface area contributed by atoms with Crippen LogP contribution in [0, 0.1) is 12.8 Å². The molecule has 1 amide bonds. The number of rotatable bonds is 5. The fourth-order valence-electron chi connectivity index (χ4n) is 2.77. The minimum absolute atomic E-state index is 0.0477. The number of hydrogen-bond donors (Lipinski definition) is 1. The van der Waals surface area contributed by atoms with Crippen molar-refractivity contribution < 1.29 is 19.2 Å². The zero-order valence-electron chi connectivity index (χ0n) is 13.2. The minimum Gasteiger partial charge on any atom is -0.484 e. The summed E-state index contributed by atoms with van der Waals surface area (Å²) in [6, 6.07) is 6.82. The average molecular weight is 352 g/mol. The lowest BCUT2D eigenvalue weighted by Gasteiger charge is -2.16. The molecule has 7 nitrogen and oxygen atoms in total. The smallest absolute Gasteiger partial charge is 0.260 e. The maximum absolute atomic E-state index is 12.4. The second-order valence-electron chi connectivity index (χ2n) is 5.77. The summed E-state index contributed by atoms with van der Waals surface area (Å²) in [6.07, 6.45) is 0. The quantitative estimate of drug-likeness (QED) is 0.881. The van der Waals surface area contributed by atoms with Crippen molar-refractivity contribution >= 4 is 17.5 Å². The van der Waals surface area contributed by atoms with Gasteiger partial charge in [-0.25, -0.2) is 0 Å². The first-order chi connectivity index (χ1) is 11.6. The molecule has 2 aromatic rings. The molecule has 1 saturated heterocycles. The van der Waals surface area contributed by atoms with Gasteiger partial charge in [0.1, 0.15) is 5.75 Å². The number of ether oxygens (including phenoxy) is 1. The second kappa shape index (κ2) is 7.19. The fourth-order valence-corrected chi connectivity index (χ4v) is 2.90. The van der Waals surface area contributed by atoms with E-state index in [4.69, 9.17) is 20.9 Å².